The fraction of sp³-hybridized carbons (Fsp3) is 0.200. The number of fused-ring (bicyclic) bond motifs is 1. The smallest absolute Gasteiger partial charge is 0.330 e. The number of esters is 1. The molecule has 0 saturated heterocycles. The molecule has 3 rings (SSSR count). The third-order valence-corrected chi connectivity index (χ3v) is 4.13. The molecule has 5 nitrogen and oxygen atoms in total. The second-order valence-electron chi connectivity index (χ2n) is 4.77. The van der Waals surface area contributed by atoms with Gasteiger partial charge in [0.1, 0.15) is 5.82 Å². The van der Waals surface area contributed by atoms with E-state index >= 15 is 0 Å². The lowest BCUT2D eigenvalue weighted by molar-refractivity contribution is -0.141. The summed E-state index contributed by atoms with van der Waals surface area (Å²) >= 11 is 3.41. The lowest BCUT2D eigenvalue weighted by Crippen LogP contribution is -2.33. The van der Waals surface area contributed by atoms with Crippen LogP contribution in [-0.2, 0) is 9.53 Å². The van der Waals surface area contributed by atoms with Gasteiger partial charge in [-0.3, -0.25) is 4.79 Å². The lowest BCUT2D eigenvalue weighted by Gasteiger charge is -2.20. The van der Waals surface area contributed by atoms with Crippen LogP contribution in [0.5, 0.6) is 0 Å². The van der Waals surface area contributed by atoms with Crippen LogP contribution in [0.15, 0.2) is 51.9 Å². The summed E-state index contributed by atoms with van der Waals surface area (Å²) < 4.78 is 7.39. The van der Waals surface area contributed by atoms with E-state index in [0.29, 0.717) is 10.4 Å². The summed E-state index contributed by atoms with van der Waals surface area (Å²) in [4.78, 5) is 23.7. The van der Waals surface area contributed by atoms with E-state index < -0.39 is 6.04 Å². The van der Waals surface area contributed by atoms with Crippen LogP contribution in [0.25, 0.3) is 0 Å². The molecule has 6 heteroatoms. The molecule has 21 heavy (non-hydrogen) atoms. The van der Waals surface area contributed by atoms with Crippen molar-refractivity contribution in [2.45, 2.75) is 12.1 Å². The van der Waals surface area contributed by atoms with Crippen molar-refractivity contribution in [2.75, 3.05) is 12.4 Å². The van der Waals surface area contributed by atoms with Gasteiger partial charge in [0.2, 0.25) is 0 Å². The molecule has 0 unspecified atom stereocenters. The topological polar surface area (TPSA) is 60.3 Å². The van der Waals surface area contributed by atoms with Crippen molar-refractivity contribution < 1.29 is 9.53 Å². The number of ether oxygens (including phenoxy) is 1. The van der Waals surface area contributed by atoms with Crippen LogP contribution in [0.1, 0.15) is 11.6 Å². The summed E-state index contributed by atoms with van der Waals surface area (Å²) in [7, 11) is 1.35. The summed E-state index contributed by atoms with van der Waals surface area (Å²) in [6.45, 7) is 0. The molecule has 0 spiro atoms. The maximum absolute atomic E-state index is 12.1. The highest BCUT2D eigenvalue weighted by Gasteiger charge is 2.39. The molecule has 0 aliphatic carbocycles. The number of carbonyl (C=O) groups excluding carboxylic acids is 1. The molecule has 0 saturated carbocycles. The predicted octanol–water partition coefficient (Wildman–Crippen LogP) is 2.17. The molecule has 1 aliphatic rings. The Morgan fingerprint density at radius 3 is 2.67 bits per heavy atom. The highest BCUT2D eigenvalue weighted by atomic mass is 79.9. The first-order valence-corrected chi connectivity index (χ1v) is 7.22. The van der Waals surface area contributed by atoms with Crippen LogP contribution < -0.4 is 10.7 Å². The van der Waals surface area contributed by atoms with Crippen molar-refractivity contribution in [3.05, 3.63) is 62.9 Å². The van der Waals surface area contributed by atoms with Crippen molar-refractivity contribution in [2.24, 2.45) is 0 Å². The van der Waals surface area contributed by atoms with Crippen LogP contribution in [0.4, 0.5) is 5.82 Å². The average molecular weight is 349 g/mol. The van der Waals surface area contributed by atoms with Gasteiger partial charge in [-0.25, -0.2) is 4.79 Å². The summed E-state index contributed by atoms with van der Waals surface area (Å²) in [5.74, 6) is 0.227. The van der Waals surface area contributed by atoms with Crippen molar-refractivity contribution >= 4 is 27.7 Å². The fourth-order valence-corrected chi connectivity index (χ4v) is 3.27. The number of hydrogen-bond acceptors (Lipinski definition) is 4. The number of halogens is 1. The molecule has 108 valence electrons. The number of nitrogens with zero attached hydrogens (tertiary/aromatic N) is 1. The third-order valence-electron chi connectivity index (χ3n) is 3.52. The van der Waals surface area contributed by atoms with E-state index in [9.17, 15) is 9.59 Å². The van der Waals surface area contributed by atoms with Crippen molar-refractivity contribution in [3.63, 3.8) is 0 Å². The SMILES string of the molecule is COC(=O)[C@@H]1Nc2cc(=O)cc(Br)n2[C@H]1c1ccccc1. The third kappa shape index (κ3) is 2.35. The van der Waals surface area contributed by atoms with Crippen LogP contribution in [0.3, 0.4) is 0 Å². The minimum absolute atomic E-state index is 0.127. The van der Waals surface area contributed by atoms with Crippen LogP contribution in [0.2, 0.25) is 0 Å². The molecular formula is C15H13BrN2O3. The van der Waals surface area contributed by atoms with E-state index in [1.807, 2.05) is 34.9 Å². The van der Waals surface area contributed by atoms with E-state index in [0.717, 1.165) is 5.56 Å². The zero-order valence-corrected chi connectivity index (χ0v) is 12.8. The maximum atomic E-state index is 12.1. The van der Waals surface area contributed by atoms with Gasteiger partial charge in [-0.2, -0.15) is 0 Å². The number of nitrogens with one attached hydrogen (secondary N) is 1. The van der Waals surface area contributed by atoms with E-state index in [-0.39, 0.29) is 17.4 Å². The quantitative estimate of drug-likeness (QED) is 0.667. The lowest BCUT2D eigenvalue weighted by atomic mass is 10.0. The molecule has 2 heterocycles. The molecule has 0 radical (unpaired) electrons. The summed E-state index contributed by atoms with van der Waals surface area (Å²) in [6, 6.07) is 11.8. The number of hydrogen-bond donors (Lipinski definition) is 1. The van der Waals surface area contributed by atoms with E-state index in [1.54, 1.807) is 0 Å². The molecule has 0 amide bonds. The van der Waals surface area contributed by atoms with E-state index in [4.69, 9.17) is 4.74 Å². The monoisotopic (exact) mass is 348 g/mol. The predicted molar refractivity (Wildman–Crippen MR) is 82.4 cm³/mol. The van der Waals surface area contributed by atoms with Gasteiger partial charge in [0, 0.05) is 12.1 Å². The number of methoxy groups -OCH3 is 1. The molecule has 2 aromatic rings. The Morgan fingerprint density at radius 1 is 1.29 bits per heavy atom. The normalized spacial score (nSPS) is 19.7. The number of benzene rings is 1. The van der Waals surface area contributed by atoms with Gasteiger partial charge >= 0.3 is 5.97 Å². The van der Waals surface area contributed by atoms with Crippen LogP contribution in [0, 0.1) is 0 Å². The highest BCUT2D eigenvalue weighted by molar-refractivity contribution is 9.10. The summed E-state index contributed by atoms with van der Waals surface area (Å²) in [5, 5.41) is 3.07. The summed E-state index contributed by atoms with van der Waals surface area (Å²) in [5.41, 5.74) is 0.835. The van der Waals surface area contributed by atoms with Gasteiger partial charge in [-0.1, -0.05) is 30.3 Å². The van der Waals surface area contributed by atoms with Crippen molar-refractivity contribution in [1.29, 1.82) is 0 Å². The molecule has 1 N–H and O–H groups in total. The Balaban J connectivity index is 2.18. The number of pyridine rings is 1. The highest BCUT2D eigenvalue weighted by Crippen LogP contribution is 2.36. The Morgan fingerprint density at radius 2 is 2.00 bits per heavy atom. The number of rotatable bonds is 2. The Kier molecular flexibility index (Phi) is 3.55. The second-order valence-corrected chi connectivity index (χ2v) is 5.58. The Bertz CT molecular complexity index is 742. The van der Waals surface area contributed by atoms with E-state index in [2.05, 4.69) is 21.2 Å². The minimum atomic E-state index is -0.574. The van der Waals surface area contributed by atoms with Gasteiger partial charge in [0.25, 0.3) is 0 Å². The van der Waals surface area contributed by atoms with Crippen molar-refractivity contribution in [1.82, 2.24) is 4.57 Å². The van der Waals surface area contributed by atoms with Gasteiger partial charge < -0.3 is 14.6 Å². The first kappa shape index (κ1) is 13.9. The van der Waals surface area contributed by atoms with Gasteiger partial charge in [0.15, 0.2) is 11.5 Å². The fourth-order valence-electron chi connectivity index (χ4n) is 2.64. The largest absolute Gasteiger partial charge is 0.467 e. The molecule has 1 aliphatic heterocycles. The number of carbonyl (C=O) groups is 1. The standard InChI is InChI=1S/C15H13BrN2O3/c1-21-15(20)13-14(9-5-3-2-4-6-9)18-11(16)7-10(19)8-12(18)17-13/h2-8,13-14,17H,1H3/t13-,14+/m1/s1. The Hall–Kier alpha value is -2.08. The molecular weight excluding hydrogens is 336 g/mol. The first-order valence-electron chi connectivity index (χ1n) is 6.43. The molecule has 1 aromatic carbocycles. The molecule has 2 atom stereocenters. The first-order chi connectivity index (χ1) is 10.1. The second kappa shape index (κ2) is 5.37. The zero-order chi connectivity index (χ0) is 15.0. The average Bonchev–Trinajstić information content (AvgIpc) is 2.86. The molecule has 0 bridgehead atoms. The van der Waals surface area contributed by atoms with Crippen LogP contribution in [-0.4, -0.2) is 23.7 Å². The number of aromatic nitrogens is 1. The van der Waals surface area contributed by atoms with Crippen LogP contribution >= 0.6 is 15.9 Å². The molecule has 1 aromatic heterocycles. The zero-order valence-electron chi connectivity index (χ0n) is 11.2. The molecule has 0 fully saturated rings. The maximum Gasteiger partial charge on any atom is 0.330 e. The summed E-state index contributed by atoms with van der Waals surface area (Å²) in [6.07, 6.45) is 0. The van der Waals surface area contributed by atoms with Gasteiger partial charge in [-0.15, -0.1) is 0 Å². The Labute approximate surface area is 129 Å². The number of anilines is 1. The van der Waals surface area contributed by atoms with Gasteiger partial charge in [-0.05, 0) is 21.5 Å². The minimum Gasteiger partial charge on any atom is -0.467 e. The van der Waals surface area contributed by atoms with E-state index in [1.165, 1.54) is 19.2 Å². The van der Waals surface area contributed by atoms with Gasteiger partial charge in [0.05, 0.1) is 17.8 Å². The van der Waals surface area contributed by atoms with Crippen molar-refractivity contribution in [3.8, 4) is 0 Å².